The number of nitrogens with one attached hydrogen (secondary N) is 1. The van der Waals surface area contributed by atoms with Gasteiger partial charge in [-0.3, -0.25) is 0 Å². The number of carbonyl (C=O) groups is 1. The number of rotatable bonds is 7. The number of hydrogen-bond acceptors (Lipinski definition) is 7. The highest BCUT2D eigenvalue weighted by molar-refractivity contribution is 5.93. The first-order valence-electron chi connectivity index (χ1n) is 8.86. The topological polar surface area (TPSA) is 110 Å². The Morgan fingerprint density at radius 2 is 1.89 bits per heavy atom. The minimum atomic E-state index is -0.306. The number of hydrogen-bond donors (Lipinski definition) is 1. The van der Waals surface area contributed by atoms with Crippen molar-refractivity contribution in [2.24, 2.45) is 0 Å². The van der Waals surface area contributed by atoms with E-state index in [0.29, 0.717) is 41.1 Å². The normalized spacial score (nSPS) is 10.8. The van der Waals surface area contributed by atoms with Gasteiger partial charge in [-0.05, 0) is 18.6 Å². The molecule has 2 heterocycles. The SMILES string of the molecule is CCCc1nc(CN(C)C(=O)Nc2ccccc2-c2nc(CC)no2)no1. The molecular weight excluding hydrogens is 348 g/mol. The van der Waals surface area contributed by atoms with Crippen LogP contribution >= 0.6 is 0 Å². The third kappa shape index (κ3) is 4.49. The van der Waals surface area contributed by atoms with Crippen LogP contribution in [-0.2, 0) is 19.4 Å². The van der Waals surface area contributed by atoms with Gasteiger partial charge in [0.1, 0.15) is 0 Å². The summed E-state index contributed by atoms with van der Waals surface area (Å²) in [5, 5.41) is 10.7. The van der Waals surface area contributed by atoms with Gasteiger partial charge in [0.2, 0.25) is 5.89 Å². The average molecular weight is 370 g/mol. The molecule has 0 radical (unpaired) electrons. The van der Waals surface area contributed by atoms with Crippen LogP contribution in [0.25, 0.3) is 11.5 Å². The molecule has 27 heavy (non-hydrogen) atoms. The van der Waals surface area contributed by atoms with Crippen molar-refractivity contribution in [1.82, 2.24) is 25.2 Å². The Morgan fingerprint density at radius 3 is 2.63 bits per heavy atom. The van der Waals surface area contributed by atoms with Crippen LogP contribution < -0.4 is 5.32 Å². The van der Waals surface area contributed by atoms with E-state index < -0.39 is 0 Å². The summed E-state index contributed by atoms with van der Waals surface area (Å²) < 4.78 is 10.4. The van der Waals surface area contributed by atoms with Crippen LogP contribution in [0.5, 0.6) is 0 Å². The smallest absolute Gasteiger partial charge is 0.322 e. The van der Waals surface area contributed by atoms with Gasteiger partial charge in [-0.2, -0.15) is 9.97 Å². The maximum atomic E-state index is 12.6. The van der Waals surface area contributed by atoms with E-state index in [4.69, 9.17) is 9.05 Å². The first kappa shape index (κ1) is 18.6. The maximum absolute atomic E-state index is 12.6. The van der Waals surface area contributed by atoms with Crippen molar-refractivity contribution in [3.05, 3.63) is 41.8 Å². The predicted molar refractivity (Wildman–Crippen MR) is 97.9 cm³/mol. The molecule has 0 aliphatic rings. The number of aromatic nitrogens is 4. The lowest BCUT2D eigenvalue weighted by Gasteiger charge is -2.17. The largest absolute Gasteiger partial charge is 0.339 e. The number of nitrogens with zero attached hydrogens (tertiary/aromatic N) is 5. The van der Waals surface area contributed by atoms with Crippen LogP contribution in [0.15, 0.2) is 33.3 Å². The first-order chi connectivity index (χ1) is 13.1. The number of carbonyl (C=O) groups excluding carboxylic acids is 1. The van der Waals surface area contributed by atoms with Crippen molar-refractivity contribution >= 4 is 11.7 Å². The zero-order chi connectivity index (χ0) is 19.2. The van der Waals surface area contributed by atoms with Crippen molar-refractivity contribution in [3.8, 4) is 11.5 Å². The summed E-state index contributed by atoms with van der Waals surface area (Å²) >= 11 is 0. The highest BCUT2D eigenvalue weighted by Crippen LogP contribution is 2.26. The molecule has 0 spiro atoms. The minimum absolute atomic E-state index is 0.238. The number of para-hydroxylation sites is 1. The van der Waals surface area contributed by atoms with Gasteiger partial charge in [-0.25, -0.2) is 4.79 Å². The third-order valence-corrected chi connectivity index (χ3v) is 3.88. The Kier molecular flexibility index (Phi) is 5.80. The molecule has 0 saturated heterocycles. The highest BCUT2D eigenvalue weighted by Gasteiger charge is 2.17. The summed E-state index contributed by atoms with van der Waals surface area (Å²) in [7, 11) is 1.66. The van der Waals surface area contributed by atoms with E-state index in [1.807, 2.05) is 32.0 Å². The van der Waals surface area contributed by atoms with Gasteiger partial charge >= 0.3 is 6.03 Å². The highest BCUT2D eigenvalue weighted by atomic mass is 16.5. The van der Waals surface area contributed by atoms with Crippen LogP contribution in [0.2, 0.25) is 0 Å². The van der Waals surface area contributed by atoms with Gasteiger partial charge in [0.25, 0.3) is 5.89 Å². The number of anilines is 1. The Hall–Kier alpha value is -3.23. The molecule has 3 rings (SSSR count). The second kappa shape index (κ2) is 8.43. The van der Waals surface area contributed by atoms with E-state index in [-0.39, 0.29) is 12.6 Å². The third-order valence-electron chi connectivity index (χ3n) is 3.88. The lowest BCUT2D eigenvalue weighted by Crippen LogP contribution is -2.31. The molecule has 142 valence electrons. The number of benzene rings is 1. The van der Waals surface area contributed by atoms with Crippen molar-refractivity contribution in [2.75, 3.05) is 12.4 Å². The predicted octanol–water partition coefficient (Wildman–Crippen LogP) is 3.30. The minimum Gasteiger partial charge on any atom is -0.339 e. The molecule has 0 atom stereocenters. The molecule has 0 bridgehead atoms. The summed E-state index contributed by atoms with van der Waals surface area (Å²) in [5.41, 5.74) is 1.25. The number of aryl methyl sites for hydroxylation is 2. The van der Waals surface area contributed by atoms with Crippen LogP contribution in [0, 0.1) is 0 Å². The standard InChI is InChI=1S/C18H22N6O3/c1-4-8-16-20-15(23-26-16)11-24(3)18(25)19-13-10-7-6-9-12(13)17-21-14(5-2)22-27-17/h6-7,9-10H,4-5,8,11H2,1-3H3,(H,19,25). The monoisotopic (exact) mass is 370 g/mol. The van der Waals surface area contributed by atoms with Crippen LogP contribution in [-0.4, -0.2) is 38.3 Å². The van der Waals surface area contributed by atoms with E-state index >= 15 is 0 Å². The molecule has 9 heteroatoms. The molecule has 0 aliphatic heterocycles. The van der Waals surface area contributed by atoms with Crippen LogP contribution in [0.4, 0.5) is 10.5 Å². The van der Waals surface area contributed by atoms with E-state index in [2.05, 4.69) is 25.6 Å². The zero-order valence-electron chi connectivity index (χ0n) is 15.6. The van der Waals surface area contributed by atoms with E-state index in [1.165, 1.54) is 4.90 Å². The molecule has 1 N–H and O–H groups in total. The van der Waals surface area contributed by atoms with Gasteiger partial charge in [-0.15, -0.1) is 0 Å². The van der Waals surface area contributed by atoms with Gasteiger partial charge in [-0.1, -0.05) is 36.3 Å². The molecule has 9 nitrogen and oxygen atoms in total. The molecule has 2 amide bonds. The van der Waals surface area contributed by atoms with Gasteiger partial charge in [0.15, 0.2) is 11.6 Å². The van der Waals surface area contributed by atoms with E-state index in [0.717, 1.165) is 12.8 Å². The molecule has 0 saturated carbocycles. The summed E-state index contributed by atoms with van der Waals surface area (Å²) in [6.07, 6.45) is 2.32. The van der Waals surface area contributed by atoms with Crippen molar-refractivity contribution in [3.63, 3.8) is 0 Å². The van der Waals surface area contributed by atoms with Crippen LogP contribution in [0.3, 0.4) is 0 Å². The lowest BCUT2D eigenvalue weighted by molar-refractivity contribution is 0.219. The maximum Gasteiger partial charge on any atom is 0.322 e. The summed E-state index contributed by atoms with van der Waals surface area (Å²) in [6, 6.07) is 6.97. The summed E-state index contributed by atoms with van der Waals surface area (Å²) in [6.45, 7) is 4.22. The quantitative estimate of drug-likeness (QED) is 0.679. The Labute approximate surface area is 156 Å². The van der Waals surface area contributed by atoms with E-state index in [9.17, 15) is 4.79 Å². The molecule has 0 aliphatic carbocycles. The molecule has 1 aromatic carbocycles. The van der Waals surface area contributed by atoms with Crippen LogP contribution in [0.1, 0.15) is 37.8 Å². The number of amides is 2. The van der Waals surface area contributed by atoms with Crippen molar-refractivity contribution in [1.29, 1.82) is 0 Å². The van der Waals surface area contributed by atoms with Gasteiger partial charge in [0.05, 0.1) is 17.8 Å². The molecule has 2 aromatic heterocycles. The summed E-state index contributed by atoms with van der Waals surface area (Å²) in [4.78, 5) is 22.6. The number of urea groups is 1. The second-order valence-corrected chi connectivity index (χ2v) is 6.06. The molecular formula is C18H22N6O3. The van der Waals surface area contributed by atoms with E-state index in [1.54, 1.807) is 13.1 Å². The average Bonchev–Trinajstić information content (AvgIpc) is 3.32. The molecule has 3 aromatic rings. The first-order valence-corrected chi connectivity index (χ1v) is 8.86. The lowest BCUT2D eigenvalue weighted by atomic mass is 10.2. The zero-order valence-corrected chi connectivity index (χ0v) is 15.6. The second-order valence-electron chi connectivity index (χ2n) is 6.06. The fourth-order valence-corrected chi connectivity index (χ4v) is 2.45. The fraction of sp³-hybridized carbons (Fsp3) is 0.389. The van der Waals surface area contributed by atoms with Crippen molar-refractivity contribution < 1.29 is 13.8 Å². The Bertz CT molecular complexity index is 904. The molecule has 0 unspecified atom stereocenters. The fourth-order valence-electron chi connectivity index (χ4n) is 2.45. The Morgan fingerprint density at radius 1 is 1.11 bits per heavy atom. The van der Waals surface area contributed by atoms with Gasteiger partial charge in [0, 0.05) is 19.9 Å². The van der Waals surface area contributed by atoms with Crippen molar-refractivity contribution in [2.45, 2.75) is 39.7 Å². The molecule has 0 fully saturated rings. The van der Waals surface area contributed by atoms with Gasteiger partial charge < -0.3 is 19.3 Å². The summed E-state index contributed by atoms with van der Waals surface area (Å²) in [5.74, 6) is 2.03. The Balaban J connectivity index is 1.69.